The molecule has 4 nitrogen and oxygen atoms in total. The third kappa shape index (κ3) is 2.68. The Morgan fingerprint density at radius 2 is 2.05 bits per heavy atom. The van der Waals surface area contributed by atoms with Crippen molar-refractivity contribution < 1.29 is 14.4 Å². The number of halogens is 1. The molecule has 2 unspecified atom stereocenters. The number of carbonyl (C=O) groups is 1. The molecule has 3 rings (SSSR count). The fourth-order valence-corrected chi connectivity index (χ4v) is 3.06. The molecular formula is C16H16ClNO3. The van der Waals surface area contributed by atoms with Gasteiger partial charge in [-0.1, -0.05) is 35.8 Å². The van der Waals surface area contributed by atoms with Crippen LogP contribution in [0.25, 0.3) is 11.3 Å². The summed E-state index contributed by atoms with van der Waals surface area (Å²) in [7, 11) is 0. The van der Waals surface area contributed by atoms with Gasteiger partial charge in [0.1, 0.15) is 11.5 Å². The average molecular weight is 306 g/mol. The zero-order chi connectivity index (χ0) is 15.0. The Bertz CT molecular complexity index is 663. The lowest BCUT2D eigenvalue weighted by Gasteiger charge is -2.10. The molecule has 110 valence electrons. The summed E-state index contributed by atoms with van der Waals surface area (Å²) in [5.74, 6) is -0.210. The molecule has 1 aliphatic rings. The molecule has 1 aliphatic carbocycles. The van der Waals surface area contributed by atoms with Crippen molar-refractivity contribution in [1.29, 1.82) is 0 Å². The Morgan fingerprint density at radius 1 is 1.33 bits per heavy atom. The first-order chi connectivity index (χ1) is 10.1. The number of fused-ring (bicyclic) bond motifs is 1. The fraction of sp³-hybridized carbons (Fsp3) is 0.375. The van der Waals surface area contributed by atoms with Crippen molar-refractivity contribution in [2.45, 2.75) is 32.1 Å². The third-order valence-electron chi connectivity index (χ3n) is 4.14. The molecule has 0 bridgehead atoms. The standard InChI is InChI=1S/C16H16ClNO3/c1-9-2-3-11(16(19)20)8-13-14(9)15(18-21-13)10-4-6-12(17)7-5-10/h4-7,9,11H,2-3,8H2,1H3,(H,19,20). The Labute approximate surface area is 127 Å². The highest BCUT2D eigenvalue weighted by molar-refractivity contribution is 6.30. The zero-order valence-corrected chi connectivity index (χ0v) is 12.4. The topological polar surface area (TPSA) is 63.3 Å². The smallest absolute Gasteiger partial charge is 0.306 e. The number of aromatic nitrogens is 1. The summed E-state index contributed by atoms with van der Waals surface area (Å²) < 4.78 is 5.46. The maximum absolute atomic E-state index is 11.3. The van der Waals surface area contributed by atoms with Crippen LogP contribution in [0, 0.1) is 5.92 Å². The molecule has 2 atom stereocenters. The number of rotatable bonds is 2. The van der Waals surface area contributed by atoms with E-state index >= 15 is 0 Å². The lowest BCUT2D eigenvalue weighted by atomic mass is 9.93. The van der Waals surface area contributed by atoms with Gasteiger partial charge in [0.15, 0.2) is 0 Å². The van der Waals surface area contributed by atoms with E-state index in [1.54, 1.807) is 0 Å². The number of benzene rings is 1. The summed E-state index contributed by atoms with van der Waals surface area (Å²) in [5, 5.41) is 14.1. The zero-order valence-electron chi connectivity index (χ0n) is 11.7. The first kappa shape index (κ1) is 14.1. The summed E-state index contributed by atoms with van der Waals surface area (Å²) in [6.45, 7) is 2.10. The van der Waals surface area contributed by atoms with Gasteiger partial charge in [0, 0.05) is 22.6 Å². The first-order valence-electron chi connectivity index (χ1n) is 7.03. The van der Waals surface area contributed by atoms with E-state index in [0.29, 0.717) is 23.6 Å². The van der Waals surface area contributed by atoms with Crippen molar-refractivity contribution in [2.24, 2.45) is 5.92 Å². The van der Waals surface area contributed by atoms with Gasteiger partial charge in [0.25, 0.3) is 0 Å². The van der Waals surface area contributed by atoms with Crippen LogP contribution in [-0.2, 0) is 11.2 Å². The quantitative estimate of drug-likeness (QED) is 0.847. The van der Waals surface area contributed by atoms with E-state index in [4.69, 9.17) is 16.1 Å². The SMILES string of the molecule is CC1CCC(C(=O)O)Cc2onc(-c3ccc(Cl)cc3)c21. The lowest BCUT2D eigenvalue weighted by molar-refractivity contribution is -0.142. The van der Waals surface area contributed by atoms with E-state index in [9.17, 15) is 9.90 Å². The minimum Gasteiger partial charge on any atom is -0.481 e. The van der Waals surface area contributed by atoms with Gasteiger partial charge in [-0.15, -0.1) is 0 Å². The molecular weight excluding hydrogens is 290 g/mol. The third-order valence-corrected chi connectivity index (χ3v) is 4.39. The molecule has 0 radical (unpaired) electrons. The maximum atomic E-state index is 11.3. The molecule has 0 saturated heterocycles. The minimum atomic E-state index is -0.764. The predicted molar refractivity (Wildman–Crippen MR) is 79.4 cm³/mol. The van der Waals surface area contributed by atoms with Crippen molar-refractivity contribution in [3.63, 3.8) is 0 Å². The second kappa shape index (κ2) is 5.53. The molecule has 1 aromatic heterocycles. The van der Waals surface area contributed by atoms with E-state index in [0.717, 1.165) is 23.2 Å². The number of carboxylic acids is 1. The van der Waals surface area contributed by atoms with Crippen LogP contribution in [0.3, 0.4) is 0 Å². The Kier molecular flexibility index (Phi) is 3.72. The number of nitrogens with zero attached hydrogens (tertiary/aromatic N) is 1. The second-order valence-corrected chi connectivity index (χ2v) is 6.03. The monoisotopic (exact) mass is 305 g/mol. The molecule has 0 fully saturated rings. The minimum absolute atomic E-state index is 0.237. The van der Waals surface area contributed by atoms with E-state index in [2.05, 4.69) is 12.1 Å². The van der Waals surface area contributed by atoms with Gasteiger partial charge in [-0.3, -0.25) is 4.79 Å². The van der Waals surface area contributed by atoms with Crippen LogP contribution in [0.1, 0.15) is 37.0 Å². The highest BCUT2D eigenvalue weighted by Gasteiger charge is 2.31. The average Bonchev–Trinajstić information content (AvgIpc) is 2.79. The highest BCUT2D eigenvalue weighted by Crippen LogP contribution is 2.39. The van der Waals surface area contributed by atoms with Gasteiger partial charge < -0.3 is 9.63 Å². The molecule has 0 saturated carbocycles. The number of hydrogen-bond donors (Lipinski definition) is 1. The van der Waals surface area contributed by atoms with Gasteiger partial charge in [-0.05, 0) is 30.9 Å². The van der Waals surface area contributed by atoms with Crippen molar-refractivity contribution in [3.05, 3.63) is 40.6 Å². The van der Waals surface area contributed by atoms with E-state index < -0.39 is 5.97 Å². The van der Waals surface area contributed by atoms with Crippen LogP contribution in [0.15, 0.2) is 28.8 Å². The number of aliphatic carboxylic acids is 1. The van der Waals surface area contributed by atoms with E-state index in [-0.39, 0.29) is 11.8 Å². The maximum Gasteiger partial charge on any atom is 0.306 e. The van der Waals surface area contributed by atoms with E-state index in [1.807, 2.05) is 24.3 Å². The van der Waals surface area contributed by atoms with Gasteiger partial charge in [-0.25, -0.2) is 0 Å². The van der Waals surface area contributed by atoms with Crippen LogP contribution in [0.5, 0.6) is 0 Å². The van der Waals surface area contributed by atoms with Crippen molar-refractivity contribution in [1.82, 2.24) is 5.16 Å². The Hall–Kier alpha value is -1.81. The van der Waals surface area contributed by atoms with Gasteiger partial charge >= 0.3 is 5.97 Å². The van der Waals surface area contributed by atoms with Gasteiger partial charge in [0.2, 0.25) is 0 Å². The Morgan fingerprint density at radius 3 is 2.71 bits per heavy atom. The molecule has 0 amide bonds. The number of hydrogen-bond acceptors (Lipinski definition) is 3. The second-order valence-electron chi connectivity index (χ2n) is 5.59. The van der Waals surface area contributed by atoms with Crippen LogP contribution in [-0.4, -0.2) is 16.2 Å². The summed E-state index contributed by atoms with van der Waals surface area (Å²) >= 11 is 5.92. The lowest BCUT2D eigenvalue weighted by Crippen LogP contribution is -2.15. The molecule has 5 heteroatoms. The van der Waals surface area contributed by atoms with Crippen LogP contribution in [0.4, 0.5) is 0 Å². The highest BCUT2D eigenvalue weighted by atomic mass is 35.5. The van der Waals surface area contributed by atoms with Gasteiger partial charge in [-0.2, -0.15) is 0 Å². The van der Waals surface area contributed by atoms with Crippen LogP contribution in [0.2, 0.25) is 5.02 Å². The molecule has 21 heavy (non-hydrogen) atoms. The molecule has 0 aliphatic heterocycles. The summed E-state index contributed by atoms with van der Waals surface area (Å²) in [6, 6.07) is 7.46. The van der Waals surface area contributed by atoms with Crippen molar-refractivity contribution in [3.8, 4) is 11.3 Å². The summed E-state index contributed by atoms with van der Waals surface area (Å²) in [6.07, 6.45) is 1.90. The van der Waals surface area contributed by atoms with Crippen molar-refractivity contribution in [2.75, 3.05) is 0 Å². The molecule has 1 aromatic carbocycles. The summed E-state index contributed by atoms with van der Waals surface area (Å²) in [5.41, 5.74) is 2.80. The first-order valence-corrected chi connectivity index (χ1v) is 7.41. The predicted octanol–water partition coefficient (Wildman–Crippen LogP) is 4.14. The van der Waals surface area contributed by atoms with Gasteiger partial charge in [0.05, 0.1) is 5.92 Å². The molecule has 1 heterocycles. The van der Waals surface area contributed by atoms with Crippen molar-refractivity contribution >= 4 is 17.6 Å². The molecule has 2 aromatic rings. The summed E-state index contributed by atoms with van der Waals surface area (Å²) in [4.78, 5) is 11.3. The van der Waals surface area contributed by atoms with Crippen LogP contribution >= 0.6 is 11.6 Å². The van der Waals surface area contributed by atoms with Crippen LogP contribution < -0.4 is 0 Å². The normalized spacial score (nSPS) is 21.6. The van der Waals surface area contributed by atoms with E-state index in [1.165, 1.54) is 0 Å². The molecule has 1 N–H and O–H groups in total. The largest absolute Gasteiger partial charge is 0.481 e. The Balaban J connectivity index is 2.03. The molecule has 0 spiro atoms. The fourth-order valence-electron chi connectivity index (χ4n) is 2.93. The number of carboxylic acid groups (broad SMARTS) is 1.